The van der Waals surface area contributed by atoms with E-state index < -0.39 is 12.1 Å². The molecule has 0 aromatic heterocycles. The van der Waals surface area contributed by atoms with E-state index in [1.807, 2.05) is 6.08 Å². The van der Waals surface area contributed by atoms with Crippen LogP contribution in [-0.2, 0) is 14.3 Å². The molecule has 0 saturated carbocycles. The molecular weight excluding hydrogens is 671 g/mol. The van der Waals surface area contributed by atoms with Gasteiger partial charge in [0.2, 0.25) is 5.91 Å². The van der Waals surface area contributed by atoms with Gasteiger partial charge in [0, 0.05) is 12.8 Å². The first-order valence-corrected chi connectivity index (χ1v) is 24.0. The van der Waals surface area contributed by atoms with Crippen LogP contribution in [0.3, 0.4) is 0 Å². The lowest BCUT2D eigenvalue weighted by atomic mass is 10.0. The molecule has 0 aromatic rings. The first-order valence-electron chi connectivity index (χ1n) is 24.0. The standard InChI is InChI=1S/C48H93NO5/c1-3-5-7-9-11-13-15-17-20-24-28-32-36-40-46(51)45(44-50)49-47(52)41-37-33-29-25-21-18-19-23-27-31-35-39-43-54-48(53)42-38-34-30-26-22-16-14-12-10-8-6-4-2/h36,40,45-46,50-51H,3-35,37-39,41-44H2,1-2H3,(H,49,52)/b40-36+. The van der Waals surface area contributed by atoms with Crippen LogP contribution in [0.15, 0.2) is 12.2 Å². The van der Waals surface area contributed by atoms with Crippen LogP contribution in [0.5, 0.6) is 0 Å². The van der Waals surface area contributed by atoms with Crippen molar-refractivity contribution in [2.45, 2.75) is 270 Å². The summed E-state index contributed by atoms with van der Waals surface area (Å²) in [5, 5.41) is 23.0. The van der Waals surface area contributed by atoms with E-state index in [-0.39, 0.29) is 18.5 Å². The van der Waals surface area contributed by atoms with Gasteiger partial charge in [-0.1, -0.05) is 225 Å². The molecule has 0 aliphatic carbocycles. The third kappa shape index (κ3) is 40.3. The van der Waals surface area contributed by atoms with Gasteiger partial charge in [-0.2, -0.15) is 0 Å². The van der Waals surface area contributed by atoms with E-state index in [4.69, 9.17) is 4.74 Å². The molecule has 6 heteroatoms. The fourth-order valence-electron chi connectivity index (χ4n) is 7.34. The number of allylic oxidation sites excluding steroid dienone is 1. The van der Waals surface area contributed by atoms with Gasteiger partial charge in [0.15, 0.2) is 0 Å². The molecule has 0 rings (SSSR count). The summed E-state index contributed by atoms with van der Waals surface area (Å²) in [6, 6.07) is -0.637. The van der Waals surface area contributed by atoms with Crippen molar-refractivity contribution in [3.63, 3.8) is 0 Å². The molecule has 0 aromatic carbocycles. The molecule has 2 atom stereocenters. The van der Waals surface area contributed by atoms with E-state index in [1.165, 1.54) is 173 Å². The molecule has 0 aliphatic rings. The smallest absolute Gasteiger partial charge is 0.305 e. The molecule has 320 valence electrons. The molecule has 0 radical (unpaired) electrons. The van der Waals surface area contributed by atoms with Crippen molar-refractivity contribution in [2.75, 3.05) is 13.2 Å². The van der Waals surface area contributed by atoms with Crippen LogP contribution in [0.1, 0.15) is 258 Å². The van der Waals surface area contributed by atoms with Crippen LogP contribution in [0.2, 0.25) is 0 Å². The number of carbonyl (C=O) groups excluding carboxylic acids is 2. The Bertz CT molecular complexity index is 802. The number of carbonyl (C=O) groups is 2. The molecule has 1 amide bonds. The molecule has 6 nitrogen and oxygen atoms in total. The summed E-state index contributed by atoms with van der Waals surface area (Å²) in [6.07, 6.45) is 49.1. The Labute approximate surface area is 336 Å². The van der Waals surface area contributed by atoms with Gasteiger partial charge in [0.1, 0.15) is 0 Å². The second-order valence-electron chi connectivity index (χ2n) is 16.5. The maximum atomic E-state index is 12.4. The minimum absolute atomic E-state index is 0.0104. The minimum atomic E-state index is -0.852. The average Bonchev–Trinajstić information content (AvgIpc) is 3.17. The van der Waals surface area contributed by atoms with Crippen molar-refractivity contribution in [3.8, 4) is 0 Å². The van der Waals surface area contributed by atoms with E-state index >= 15 is 0 Å². The highest BCUT2D eigenvalue weighted by atomic mass is 16.5. The second-order valence-corrected chi connectivity index (χ2v) is 16.5. The monoisotopic (exact) mass is 764 g/mol. The molecule has 0 bridgehead atoms. The molecule has 0 aliphatic heterocycles. The van der Waals surface area contributed by atoms with E-state index in [2.05, 4.69) is 19.2 Å². The number of hydrogen-bond acceptors (Lipinski definition) is 5. The third-order valence-corrected chi connectivity index (χ3v) is 11.1. The molecule has 0 heterocycles. The molecule has 0 saturated heterocycles. The van der Waals surface area contributed by atoms with E-state index in [0.29, 0.717) is 19.4 Å². The predicted octanol–water partition coefficient (Wildman–Crippen LogP) is 13.8. The highest BCUT2D eigenvalue weighted by Crippen LogP contribution is 2.16. The highest BCUT2D eigenvalue weighted by molar-refractivity contribution is 5.76. The number of hydrogen-bond donors (Lipinski definition) is 3. The van der Waals surface area contributed by atoms with Crippen LogP contribution < -0.4 is 5.32 Å². The van der Waals surface area contributed by atoms with Crippen molar-refractivity contribution in [1.82, 2.24) is 5.32 Å². The zero-order valence-electron chi connectivity index (χ0n) is 36.2. The highest BCUT2D eigenvalue weighted by Gasteiger charge is 2.18. The number of aliphatic hydroxyl groups excluding tert-OH is 2. The SMILES string of the molecule is CCCCCCCCCCCCC/C=C/C(O)C(CO)NC(=O)CCCCCCCCCCCCCCOC(=O)CCCCCCCCCCCCCC. The fraction of sp³-hybridized carbons (Fsp3) is 0.917. The predicted molar refractivity (Wildman–Crippen MR) is 232 cm³/mol. The summed E-state index contributed by atoms with van der Waals surface area (Å²) in [5.74, 6) is -0.0939. The van der Waals surface area contributed by atoms with Crippen LogP contribution in [-0.4, -0.2) is 47.4 Å². The molecule has 3 N–H and O–H groups in total. The van der Waals surface area contributed by atoms with E-state index in [1.54, 1.807) is 6.08 Å². The van der Waals surface area contributed by atoms with E-state index in [0.717, 1.165) is 57.8 Å². The number of aliphatic hydroxyl groups is 2. The van der Waals surface area contributed by atoms with Crippen LogP contribution >= 0.6 is 0 Å². The number of esters is 1. The van der Waals surface area contributed by atoms with Crippen molar-refractivity contribution >= 4 is 11.9 Å². The topological polar surface area (TPSA) is 95.9 Å². The maximum Gasteiger partial charge on any atom is 0.305 e. The average molecular weight is 764 g/mol. The maximum absolute atomic E-state index is 12.4. The van der Waals surface area contributed by atoms with Crippen LogP contribution in [0.25, 0.3) is 0 Å². The molecule has 0 fully saturated rings. The minimum Gasteiger partial charge on any atom is -0.466 e. The summed E-state index contributed by atoms with van der Waals surface area (Å²) in [7, 11) is 0. The van der Waals surface area contributed by atoms with Gasteiger partial charge in [-0.05, 0) is 32.1 Å². The summed E-state index contributed by atoms with van der Waals surface area (Å²) >= 11 is 0. The van der Waals surface area contributed by atoms with Gasteiger partial charge in [0.25, 0.3) is 0 Å². The third-order valence-electron chi connectivity index (χ3n) is 11.1. The number of nitrogens with one attached hydrogen (secondary N) is 1. The number of unbranched alkanes of at least 4 members (excludes halogenated alkanes) is 33. The van der Waals surface area contributed by atoms with Gasteiger partial charge in [-0.15, -0.1) is 0 Å². The Balaban J connectivity index is 3.49. The first-order chi connectivity index (χ1) is 26.5. The van der Waals surface area contributed by atoms with Crippen molar-refractivity contribution in [1.29, 1.82) is 0 Å². The lowest BCUT2D eigenvalue weighted by Gasteiger charge is -2.20. The Kier molecular flexibility index (Phi) is 43.2. The van der Waals surface area contributed by atoms with Crippen molar-refractivity contribution < 1.29 is 24.5 Å². The van der Waals surface area contributed by atoms with Crippen LogP contribution in [0, 0.1) is 0 Å². The van der Waals surface area contributed by atoms with Gasteiger partial charge in [-0.3, -0.25) is 9.59 Å². The summed E-state index contributed by atoms with van der Waals surface area (Å²) in [5.41, 5.74) is 0. The quantitative estimate of drug-likeness (QED) is 0.0326. The van der Waals surface area contributed by atoms with Gasteiger partial charge in [-0.25, -0.2) is 0 Å². The van der Waals surface area contributed by atoms with Gasteiger partial charge in [0.05, 0.1) is 25.4 Å². The fourth-order valence-corrected chi connectivity index (χ4v) is 7.34. The lowest BCUT2D eigenvalue weighted by Crippen LogP contribution is -2.45. The molecular formula is C48H93NO5. The number of rotatable bonds is 44. The van der Waals surface area contributed by atoms with Crippen molar-refractivity contribution in [3.05, 3.63) is 12.2 Å². The Morgan fingerprint density at radius 3 is 1.26 bits per heavy atom. The van der Waals surface area contributed by atoms with E-state index in [9.17, 15) is 19.8 Å². The van der Waals surface area contributed by atoms with Crippen LogP contribution in [0.4, 0.5) is 0 Å². The van der Waals surface area contributed by atoms with Crippen molar-refractivity contribution in [2.24, 2.45) is 0 Å². The Hall–Kier alpha value is -1.40. The Morgan fingerprint density at radius 1 is 0.500 bits per heavy atom. The summed E-state index contributed by atoms with van der Waals surface area (Å²) in [6.45, 7) is 4.86. The lowest BCUT2D eigenvalue weighted by molar-refractivity contribution is -0.143. The summed E-state index contributed by atoms with van der Waals surface area (Å²) < 4.78 is 5.44. The first kappa shape index (κ1) is 52.6. The molecule has 54 heavy (non-hydrogen) atoms. The molecule has 2 unspecified atom stereocenters. The Morgan fingerprint density at radius 2 is 0.852 bits per heavy atom. The van der Waals surface area contributed by atoms with Gasteiger partial charge >= 0.3 is 5.97 Å². The number of amides is 1. The molecule has 0 spiro atoms. The zero-order chi connectivity index (χ0) is 39.4. The zero-order valence-corrected chi connectivity index (χ0v) is 36.2. The van der Waals surface area contributed by atoms with Gasteiger partial charge < -0.3 is 20.3 Å². The second kappa shape index (κ2) is 44.3. The largest absolute Gasteiger partial charge is 0.466 e. The summed E-state index contributed by atoms with van der Waals surface area (Å²) in [4.78, 5) is 24.4. The number of ether oxygens (including phenoxy) is 1. The normalized spacial score (nSPS) is 12.7.